The molecule has 124 valence electrons. The zero-order valence-corrected chi connectivity index (χ0v) is 13.5. The van der Waals surface area contributed by atoms with Crippen LogP contribution in [0.5, 0.6) is 5.75 Å². The molecule has 23 heavy (non-hydrogen) atoms. The molecule has 0 atom stereocenters. The first kappa shape index (κ1) is 16.8. The third kappa shape index (κ3) is 4.43. The summed E-state index contributed by atoms with van der Waals surface area (Å²) in [5.74, 6) is 1.19. The van der Waals surface area contributed by atoms with Crippen molar-refractivity contribution in [1.82, 2.24) is 10.1 Å². The molecule has 0 aliphatic heterocycles. The van der Waals surface area contributed by atoms with E-state index in [-0.39, 0.29) is 6.54 Å². The molecule has 0 bridgehead atoms. The summed E-state index contributed by atoms with van der Waals surface area (Å²) in [5, 5.41) is 6.49. The molecule has 0 saturated carbocycles. The Bertz CT molecular complexity index is 691. The molecule has 8 nitrogen and oxygen atoms in total. The van der Waals surface area contributed by atoms with Crippen LogP contribution in [-0.2, 0) is 11.3 Å². The van der Waals surface area contributed by atoms with Crippen LogP contribution in [0.1, 0.15) is 26.7 Å². The van der Waals surface area contributed by atoms with E-state index in [1.165, 1.54) is 7.11 Å². The molecule has 1 aromatic heterocycles. The van der Waals surface area contributed by atoms with Gasteiger partial charge in [-0.2, -0.15) is 4.98 Å². The van der Waals surface area contributed by atoms with Gasteiger partial charge in [-0.1, -0.05) is 5.16 Å². The number of carbonyl (C=O) groups excluding carboxylic acids is 1. The summed E-state index contributed by atoms with van der Waals surface area (Å²) in [7, 11) is 1.51. The van der Waals surface area contributed by atoms with Gasteiger partial charge in [-0.05, 0) is 39.0 Å². The fourth-order valence-electron chi connectivity index (χ4n) is 1.81. The summed E-state index contributed by atoms with van der Waals surface area (Å²) in [6, 6.07) is 5.12. The quantitative estimate of drug-likeness (QED) is 0.890. The lowest BCUT2D eigenvalue weighted by Crippen LogP contribution is -2.27. The number of carbonyl (C=O) groups is 1. The first-order valence-corrected chi connectivity index (χ1v) is 7.03. The molecular weight excluding hydrogens is 300 g/mol. The lowest BCUT2D eigenvalue weighted by atomic mass is 10.1. The molecule has 0 spiro atoms. The highest BCUT2D eigenvalue weighted by Gasteiger charge is 2.18. The second-order valence-electron chi connectivity index (χ2n) is 5.76. The topological polar surface area (TPSA) is 113 Å². The molecule has 0 saturated heterocycles. The van der Waals surface area contributed by atoms with Gasteiger partial charge in [0.05, 0.1) is 19.3 Å². The van der Waals surface area contributed by atoms with Gasteiger partial charge in [-0.15, -0.1) is 0 Å². The number of rotatable bonds is 4. The van der Waals surface area contributed by atoms with Crippen molar-refractivity contribution in [3.63, 3.8) is 0 Å². The number of ether oxygens (including phenoxy) is 2. The molecule has 0 aliphatic carbocycles. The minimum Gasteiger partial charge on any atom is -0.495 e. The molecule has 3 N–H and O–H groups in total. The van der Waals surface area contributed by atoms with Crippen LogP contribution in [0.2, 0.25) is 0 Å². The van der Waals surface area contributed by atoms with E-state index in [9.17, 15) is 4.79 Å². The van der Waals surface area contributed by atoms with Gasteiger partial charge in [-0.3, -0.25) is 5.32 Å². The van der Waals surface area contributed by atoms with E-state index in [0.717, 1.165) is 0 Å². The van der Waals surface area contributed by atoms with Crippen molar-refractivity contribution in [3.05, 3.63) is 24.1 Å². The third-order valence-corrected chi connectivity index (χ3v) is 2.74. The van der Waals surface area contributed by atoms with Gasteiger partial charge in [0, 0.05) is 5.56 Å². The lowest BCUT2D eigenvalue weighted by Gasteiger charge is -2.20. The summed E-state index contributed by atoms with van der Waals surface area (Å²) >= 11 is 0. The van der Waals surface area contributed by atoms with Gasteiger partial charge in [0.1, 0.15) is 11.4 Å². The first-order valence-electron chi connectivity index (χ1n) is 7.03. The van der Waals surface area contributed by atoms with E-state index in [2.05, 4.69) is 15.5 Å². The molecule has 2 rings (SSSR count). The van der Waals surface area contributed by atoms with E-state index in [4.69, 9.17) is 19.7 Å². The Balaban J connectivity index is 2.27. The van der Waals surface area contributed by atoms with Gasteiger partial charge in [0.25, 0.3) is 0 Å². The average Bonchev–Trinajstić information content (AvgIpc) is 2.94. The third-order valence-electron chi connectivity index (χ3n) is 2.74. The minimum absolute atomic E-state index is 0.159. The van der Waals surface area contributed by atoms with Crippen molar-refractivity contribution in [2.75, 3.05) is 12.4 Å². The fraction of sp³-hybridized carbons (Fsp3) is 0.400. The Hall–Kier alpha value is -2.61. The van der Waals surface area contributed by atoms with Crippen molar-refractivity contribution in [2.24, 2.45) is 5.73 Å². The number of aromatic nitrogens is 2. The number of nitrogens with two attached hydrogens (primary N) is 1. The molecule has 0 radical (unpaired) electrons. The summed E-state index contributed by atoms with van der Waals surface area (Å²) in [4.78, 5) is 16.1. The van der Waals surface area contributed by atoms with Crippen LogP contribution in [0.4, 0.5) is 10.5 Å². The number of hydrogen-bond acceptors (Lipinski definition) is 7. The van der Waals surface area contributed by atoms with Crippen LogP contribution in [0, 0.1) is 0 Å². The first-order chi connectivity index (χ1) is 10.8. The highest BCUT2D eigenvalue weighted by Crippen LogP contribution is 2.30. The Morgan fingerprint density at radius 3 is 2.70 bits per heavy atom. The number of hydrogen-bond donors (Lipinski definition) is 2. The number of amides is 1. The Labute approximate surface area is 134 Å². The predicted molar refractivity (Wildman–Crippen MR) is 84.0 cm³/mol. The average molecular weight is 320 g/mol. The second-order valence-corrected chi connectivity index (χ2v) is 5.76. The van der Waals surface area contributed by atoms with Gasteiger partial charge in [0.2, 0.25) is 11.7 Å². The van der Waals surface area contributed by atoms with Crippen molar-refractivity contribution < 1.29 is 18.8 Å². The minimum atomic E-state index is -0.599. The molecule has 8 heteroatoms. The monoisotopic (exact) mass is 320 g/mol. The molecular formula is C15H20N4O4. The van der Waals surface area contributed by atoms with Crippen molar-refractivity contribution in [1.29, 1.82) is 0 Å². The van der Waals surface area contributed by atoms with Crippen LogP contribution in [0.25, 0.3) is 11.4 Å². The fourth-order valence-corrected chi connectivity index (χ4v) is 1.81. The van der Waals surface area contributed by atoms with Crippen LogP contribution < -0.4 is 15.8 Å². The normalized spacial score (nSPS) is 11.2. The van der Waals surface area contributed by atoms with E-state index in [1.54, 1.807) is 39.0 Å². The maximum Gasteiger partial charge on any atom is 0.412 e. The van der Waals surface area contributed by atoms with Gasteiger partial charge >= 0.3 is 6.09 Å². The van der Waals surface area contributed by atoms with E-state index in [0.29, 0.717) is 28.7 Å². The second kappa shape index (κ2) is 6.66. The highest BCUT2D eigenvalue weighted by molar-refractivity contribution is 5.88. The summed E-state index contributed by atoms with van der Waals surface area (Å²) in [6.07, 6.45) is -0.580. The van der Waals surface area contributed by atoms with Crippen LogP contribution in [-0.4, -0.2) is 28.9 Å². The van der Waals surface area contributed by atoms with Crippen molar-refractivity contribution in [3.8, 4) is 17.1 Å². The van der Waals surface area contributed by atoms with E-state index >= 15 is 0 Å². The molecule has 1 heterocycles. The van der Waals surface area contributed by atoms with Crippen molar-refractivity contribution in [2.45, 2.75) is 32.9 Å². The number of methoxy groups -OCH3 is 1. The Kier molecular flexibility index (Phi) is 4.85. The summed E-state index contributed by atoms with van der Waals surface area (Å²) in [6.45, 7) is 5.52. The Morgan fingerprint density at radius 1 is 1.39 bits per heavy atom. The SMILES string of the molecule is COc1ccc(-c2noc(CN)n2)cc1NC(=O)OC(C)(C)C. The maximum atomic E-state index is 11.9. The van der Waals surface area contributed by atoms with E-state index in [1.807, 2.05) is 0 Å². The van der Waals surface area contributed by atoms with Gasteiger partial charge in [-0.25, -0.2) is 4.79 Å². The highest BCUT2D eigenvalue weighted by atomic mass is 16.6. The lowest BCUT2D eigenvalue weighted by molar-refractivity contribution is 0.0635. The zero-order valence-electron chi connectivity index (χ0n) is 13.5. The van der Waals surface area contributed by atoms with E-state index < -0.39 is 11.7 Å². The number of anilines is 1. The predicted octanol–water partition coefficient (Wildman–Crippen LogP) is 2.55. The maximum absolute atomic E-state index is 11.9. The summed E-state index contributed by atoms with van der Waals surface area (Å²) < 4.78 is 15.5. The zero-order chi connectivity index (χ0) is 17.0. The Morgan fingerprint density at radius 2 is 2.13 bits per heavy atom. The smallest absolute Gasteiger partial charge is 0.412 e. The van der Waals surface area contributed by atoms with Gasteiger partial charge < -0.3 is 19.7 Å². The standard InChI is InChI=1S/C15H20N4O4/c1-15(2,3)22-14(20)17-10-7-9(5-6-11(10)21-4)13-18-12(8-16)23-19-13/h5-7H,8,16H2,1-4H3,(H,17,20). The van der Waals surface area contributed by atoms with Crippen LogP contribution >= 0.6 is 0 Å². The molecule has 1 aromatic carbocycles. The molecule has 0 aliphatic rings. The van der Waals surface area contributed by atoms with Crippen molar-refractivity contribution >= 4 is 11.8 Å². The number of benzene rings is 1. The van der Waals surface area contributed by atoms with Crippen LogP contribution in [0.3, 0.4) is 0 Å². The number of nitrogens with one attached hydrogen (secondary N) is 1. The summed E-state index contributed by atoms with van der Waals surface area (Å²) in [5.41, 5.74) is 5.95. The van der Waals surface area contributed by atoms with Crippen LogP contribution in [0.15, 0.2) is 22.7 Å². The largest absolute Gasteiger partial charge is 0.495 e. The molecule has 1 amide bonds. The molecule has 0 fully saturated rings. The molecule has 2 aromatic rings. The molecule has 0 unspecified atom stereocenters. The number of nitrogens with zero attached hydrogens (tertiary/aromatic N) is 2. The van der Waals surface area contributed by atoms with Gasteiger partial charge in [0.15, 0.2) is 0 Å².